The van der Waals surface area contributed by atoms with Crippen LogP contribution in [0.3, 0.4) is 0 Å². The Kier molecular flexibility index (Phi) is 5.22. The maximum absolute atomic E-state index is 9.61. The molecule has 1 rings (SSSR count). The van der Waals surface area contributed by atoms with Gasteiger partial charge in [0.25, 0.3) is 0 Å². The van der Waals surface area contributed by atoms with Crippen LogP contribution in [0.4, 0.5) is 0 Å². The fourth-order valence-corrected chi connectivity index (χ4v) is 1.47. The summed E-state index contributed by atoms with van der Waals surface area (Å²) < 4.78 is 0. The van der Waals surface area contributed by atoms with Crippen LogP contribution < -0.4 is 5.32 Å². The second kappa shape index (κ2) is 6.49. The van der Waals surface area contributed by atoms with Crippen molar-refractivity contribution in [2.45, 2.75) is 19.9 Å². The van der Waals surface area contributed by atoms with Gasteiger partial charge >= 0.3 is 0 Å². The first-order chi connectivity index (χ1) is 7.25. The van der Waals surface area contributed by atoms with E-state index < -0.39 is 0 Å². The first-order valence-electron chi connectivity index (χ1n) is 5.04. The Morgan fingerprint density at radius 1 is 1.47 bits per heavy atom. The highest BCUT2D eigenvalue weighted by Crippen LogP contribution is 2.26. The van der Waals surface area contributed by atoms with Gasteiger partial charge in [-0.05, 0) is 26.0 Å². The number of phenolic OH excluding ortho intramolecular Hbond substituents is 1. The zero-order chi connectivity index (χ0) is 11.1. The van der Waals surface area contributed by atoms with Gasteiger partial charge in [-0.25, -0.2) is 0 Å². The smallest absolute Gasteiger partial charge is 0.138 e. The SMILES string of the molecule is C/C=C/CCNCc1cccc(Cl)c1O. The number of para-hydroxylation sites is 1. The van der Waals surface area contributed by atoms with Gasteiger partial charge in [0.05, 0.1) is 5.02 Å². The van der Waals surface area contributed by atoms with Gasteiger partial charge in [0.1, 0.15) is 5.75 Å². The average molecular weight is 226 g/mol. The van der Waals surface area contributed by atoms with Gasteiger partial charge in [0.15, 0.2) is 0 Å². The maximum atomic E-state index is 9.61. The quantitative estimate of drug-likeness (QED) is 0.596. The molecule has 1 aromatic carbocycles. The van der Waals surface area contributed by atoms with E-state index in [9.17, 15) is 5.11 Å². The predicted octanol–water partition coefficient (Wildman–Crippen LogP) is 3.10. The van der Waals surface area contributed by atoms with E-state index >= 15 is 0 Å². The van der Waals surface area contributed by atoms with Crippen molar-refractivity contribution < 1.29 is 5.11 Å². The highest BCUT2D eigenvalue weighted by atomic mass is 35.5. The summed E-state index contributed by atoms with van der Waals surface area (Å²) in [5.41, 5.74) is 0.836. The van der Waals surface area contributed by atoms with Gasteiger partial charge in [-0.2, -0.15) is 0 Å². The molecule has 1 aromatic rings. The van der Waals surface area contributed by atoms with E-state index in [0.29, 0.717) is 11.6 Å². The van der Waals surface area contributed by atoms with E-state index in [1.54, 1.807) is 6.07 Å². The molecule has 0 saturated heterocycles. The second-order valence-corrected chi connectivity index (χ2v) is 3.69. The normalized spacial score (nSPS) is 11.1. The van der Waals surface area contributed by atoms with Gasteiger partial charge < -0.3 is 10.4 Å². The fraction of sp³-hybridized carbons (Fsp3) is 0.333. The summed E-state index contributed by atoms with van der Waals surface area (Å²) >= 11 is 5.79. The third-order valence-corrected chi connectivity index (χ3v) is 2.41. The molecular formula is C12H16ClNO. The van der Waals surface area contributed by atoms with E-state index in [0.717, 1.165) is 18.5 Å². The lowest BCUT2D eigenvalue weighted by Gasteiger charge is -2.06. The van der Waals surface area contributed by atoms with Crippen LogP contribution in [0.2, 0.25) is 5.02 Å². The summed E-state index contributed by atoms with van der Waals surface area (Å²) in [6.45, 7) is 3.54. The zero-order valence-corrected chi connectivity index (χ0v) is 9.59. The number of hydrogen-bond donors (Lipinski definition) is 2. The molecule has 0 radical (unpaired) electrons. The van der Waals surface area contributed by atoms with Gasteiger partial charge in [-0.15, -0.1) is 0 Å². The molecule has 3 heteroatoms. The predicted molar refractivity (Wildman–Crippen MR) is 64.3 cm³/mol. The van der Waals surface area contributed by atoms with E-state index in [1.165, 1.54) is 0 Å². The maximum Gasteiger partial charge on any atom is 0.138 e. The highest BCUT2D eigenvalue weighted by molar-refractivity contribution is 6.32. The Labute approximate surface area is 95.6 Å². The number of allylic oxidation sites excluding steroid dienone is 1. The molecule has 0 amide bonds. The lowest BCUT2D eigenvalue weighted by Crippen LogP contribution is -2.14. The van der Waals surface area contributed by atoms with Gasteiger partial charge in [0.2, 0.25) is 0 Å². The molecule has 15 heavy (non-hydrogen) atoms. The molecule has 0 aliphatic rings. The molecular weight excluding hydrogens is 210 g/mol. The van der Waals surface area contributed by atoms with E-state index in [2.05, 4.69) is 11.4 Å². The first kappa shape index (κ1) is 12.1. The Morgan fingerprint density at radius 3 is 3.00 bits per heavy atom. The largest absolute Gasteiger partial charge is 0.506 e. The Hall–Kier alpha value is -0.990. The van der Waals surface area contributed by atoms with Crippen LogP contribution in [0.5, 0.6) is 5.75 Å². The van der Waals surface area contributed by atoms with Crippen LogP contribution in [0.15, 0.2) is 30.4 Å². The lowest BCUT2D eigenvalue weighted by molar-refractivity contribution is 0.465. The standard InChI is InChI=1S/C12H16ClNO/c1-2-3-4-8-14-9-10-6-5-7-11(13)12(10)15/h2-3,5-7,14-15H,4,8-9H2,1H3/b3-2+. The van der Waals surface area contributed by atoms with E-state index in [1.807, 2.05) is 25.1 Å². The summed E-state index contributed by atoms with van der Waals surface area (Å²) in [4.78, 5) is 0. The molecule has 0 spiro atoms. The third-order valence-electron chi connectivity index (χ3n) is 2.11. The Morgan fingerprint density at radius 2 is 2.27 bits per heavy atom. The van der Waals surface area contributed by atoms with Crippen molar-refractivity contribution in [1.29, 1.82) is 0 Å². The van der Waals surface area contributed by atoms with E-state index in [4.69, 9.17) is 11.6 Å². The number of rotatable bonds is 5. The molecule has 82 valence electrons. The molecule has 2 N–H and O–H groups in total. The number of phenols is 1. The van der Waals surface area contributed by atoms with Gasteiger partial charge in [-0.1, -0.05) is 35.9 Å². The Balaban J connectivity index is 2.40. The van der Waals surface area contributed by atoms with Gasteiger partial charge in [0, 0.05) is 12.1 Å². The van der Waals surface area contributed by atoms with E-state index in [-0.39, 0.29) is 5.75 Å². The van der Waals surface area contributed by atoms with Crippen molar-refractivity contribution in [1.82, 2.24) is 5.32 Å². The fourth-order valence-electron chi connectivity index (χ4n) is 1.28. The second-order valence-electron chi connectivity index (χ2n) is 3.28. The highest BCUT2D eigenvalue weighted by Gasteiger charge is 2.03. The number of nitrogens with one attached hydrogen (secondary N) is 1. The summed E-state index contributed by atoms with van der Waals surface area (Å²) in [5.74, 6) is 0.178. The average Bonchev–Trinajstić information content (AvgIpc) is 2.24. The summed E-state index contributed by atoms with van der Waals surface area (Å²) in [6.07, 6.45) is 5.13. The van der Waals surface area contributed by atoms with Crippen LogP contribution in [-0.2, 0) is 6.54 Å². The molecule has 0 saturated carbocycles. The van der Waals surface area contributed by atoms with Crippen molar-refractivity contribution in [3.8, 4) is 5.75 Å². The molecule has 0 aliphatic carbocycles. The van der Waals surface area contributed by atoms with Crippen LogP contribution in [0.25, 0.3) is 0 Å². The van der Waals surface area contributed by atoms with Crippen LogP contribution in [-0.4, -0.2) is 11.7 Å². The van der Waals surface area contributed by atoms with Crippen molar-refractivity contribution in [3.05, 3.63) is 40.9 Å². The number of hydrogen-bond acceptors (Lipinski definition) is 2. The molecule has 0 heterocycles. The molecule has 0 fully saturated rings. The lowest BCUT2D eigenvalue weighted by atomic mass is 10.2. The van der Waals surface area contributed by atoms with Crippen molar-refractivity contribution in [2.24, 2.45) is 0 Å². The molecule has 2 nitrogen and oxygen atoms in total. The number of aromatic hydroxyl groups is 1. The molecule has 0 unspecified atom stereocenters. The Bertz CT molecular complexity index is 336. The van der Waals surface area contributed by atoms with Gasteiger partial charge in [-0.3, -0.25) is 0 Å². The molecule has 0 aliphatic heterocycles. The number of halogens is 1. The first-order valence-corrected chi connectivity index (χ1v) is 5.41. The zero-order valence-electron chi connectivity index (χ0n) is 8.83. The third kappa shape index (κ3) is 3.94. The summed E-state index contributed by atoms with van der Waals surface area (Å²) in [5, 5.41) is 13.3. The van der Waals surface area contributed by atoms with Crippen LogP contribution in [0.1, 0.15) is 18.9 Å². The van der Waals surface area contributed by atoms with Crippen LogP contribution in [0, 0.1) is 0 Å². The minimum absolute atomic E-state index is 0.178. The monoisotopic (exact) mass is 225 g/mol. The van der Waals surface area contributed by atoms with Crippen molar-refractivity contribution >= 4 is 11.6 Å². The summed E-state index contributed by atoms with van der Waals surface area (Å²) in [7, 11) is 0. The van der Waals surface area contributed by atoms with Crippen molar-refractivity contribution in [3.63, 3.8) is 0 Å². The summed E-state index contributed by atoms with van der Waals surface area (Å²) in [6, 6.07) is 5.38. The minimum atomic E-state index is 0.178. The molecule has 0 bridgehead atoms. The minimum Gasteiger partial charge on any atom is -0.506 e. The topological polar surface area (TPSA) is 32.3 Å². The number of benzene rings is 1. The molecule has 0 aromatic heterocycles. The van der Waals surface area contributed by atoms with Crippen molar-refractivity contribution in [2.75, 3.05) is 6.54 Å². The van der Waals surface area contributed by atoms with Crippen LogP contribution >= 0.6 is 11.6 Å². The molecule has 0 atom stereocenters.